The van der Waals surface area contributed by atoms with E-state index < -0.39 is 11.9 Å². The molecule has 5 nitrogen and oxygen atoms in total. The highest BCUT2D eigenvalue weighted by Crippen LogP contribution is 2.34. The number of carbonyl (C=O) groups is 2. The van der Waals surface area contributed by atoms with Crippen LogP contribution >= 0.6 is 0 Å². The Morgan fingerprint density at radius 1 is 1.40 bits per heavy atom. The highest BCUT2D eigenvalue weighted by molar-refractivity contribution is 5.83. The van der Waals surface area contributed by atoms with E-state index in [2.05, 4.69) is 12.2 Å². The first-order chi connectivity index (χ1) is 9.46. The van der Waals surface area contributed by atoms with Gasteiger partial charge in [0.1, 0.15) is 0 Å². The Balaban J connectivity index is 2.82. The van der Waals surface area contributed by atoms with Gasteiger partial charge in [0.2, 0.25) is 5.91 Å². The molecule has 0 bridgehead atoms. The lowest BCUT2D eigenvalue weighted by Crippen LogP contribution is -2.53. The molecule has 0 spiro atoms. The smallest absolute Gasteiger partial charge is 0.308 e. The molecule has 1 saturated heterocycles. The lowest BCUT2D eigenvalue weighted by atomic mass is 9.75. The number of carbonyl (C=O) groups excluding carboxylic acids is 1. The summed E-state index contributed by atoms with van der Waals surface area (Å²) in [5.41, 5.74) is -0.332. The van der Waals surface area contributed by atoms with E-state index in [0.29, 0.717) is 13.1 Å². The van der Waals surface area contributed by atoms with Crippen LogP contribution < -0.4 is 5.32 Å². The van der Waals surface area contributed by atoms with Gasteiger partial charge >= 0.3 is 5.97 Å². The van der Waals surface area contributed by atoms with Crippen molar-refractivity contribution in [3.63, 3.8) is 0 Å². The molecule has 0 aliphatic carbocycles. The van der Waals surface area contributed by atoms with Crippen molar-refractivity contribution in [3.05, 3.63) is 0 Å². The normalized spacial score (nSPS) is 24.1. The highest BCUT2D eigenvalue weighted by atomic mass is 16.4. The van der Waals surface area contributed by atoms with Crippen LogP contribution in [0.4, 0.5) is 0 Å². The van der Waals surface area contributed by atoms with Crippen LogP contribution in [0, 0.1) is 11.3 Å². The van der Waals surface area contributed by atoms with Gasteiger partial charge in [-0.25, -0.2) is 0 Å². The largest absolute Gasteiger partial charge is 0.481 e. The number of hydrogen-bond acceptors (Lipinski definition) is 3. The van der Waals surface area contributed by atoms with Gasteiger partial charge in [-0.05, 0) is 32.7 Å². The van der Waals surface area contributed by atoms with Gasteiger partial charge in [0, 0.05) is 19.6 Å². The van der Waals surface area contributed by atoms with Gasteiger partial charge < -0.3 is 15.3 Å². The van der Waals surface area contributed by atoms with E-state index in [1.54, 1.807) is 11.8 Å². The minimum atomic E-state index is -0.845. The quantitative estimate of drug-likeness (QED) is 0.747. The van der Waals surface area contributed by atoms with E-state index in [0.717, 1.165) is 38.8 Å². The number of carboxylic acids is 1. The van der Waals surface area contributed by atoms with Gasteiger partial charge in [-0.15, -0.1) is 0 Å². The van der Waals surface area contributed by atoms with Crippen LogP contribution in [0.2, 0.25) is 0 Å². The van der Waals surface area contributed by atoms with Crippen molar-refractivity contribution in [2.24, 2.45) is 11.3 Å². The molecule has 0 saturated carbocycles. The maximum absolute atomic E-state index is 12.9. The van der Waals surface area contributed by atoms with Crippen molar-refractivity contribution in [3.8, 4) is 0 Å². The van der Waals surface area contributed by atoms with E-state index in [1.807, 2.05) is 6.92 Å². The summed E-state index contributed by atoms with van der Waals surface area (Å²) in [5.74, 6) is -1.24. The van der Waals surface area contributed by atoms with E-state index >= 15 is 0 Å². The number of hydrogen-bond donors (Lipinski definition) is 2. The van der Waals surface area contributed by atoms with E-state index in [9.17, 15) is 9.59 Å². The lowest BCUT2D eigenvalue weighted by Gasteiger charge is -2.40. The average Bonchev–Trinajstić information content (AvgIpc) is 2.44. The van der Waals surface area contributed by atoms with Crippen LogP contribution in [0.5, 0.6) is 0 Å². The topological polar surface area (TPSA) is 69.6 Å². The van der Waals surface area contributed by atoms with Crippen LogP contribution in [0.1, 0.15) is 46.5 Å². The Morgan fingerprint density at radius 2 is 2.10 bits per heavy atom. The zero-order valence-electron chi connectivity index (χ0n) is 12.9. The van der Waals surface area contributed by atoms with Gasteiger partial charge in [-0.2, -0.15) is 0 Å². The molecular formula is C15H28N2O3. The second kappa shape index (κ2) is 7.62. The molecule has 1 aliphatic heterocycles. The Bertz CT molecular complexity index is 333. The summed E-state index contributed by atoms with van der Waals surface area (Å²) < 4.78 is 0. The molecule has 5 heteroatoms. The Labute approximate surface area is 121 Å². The summed E-state index contributed by atoms with van der Waals surface area (Å²) in [7, 11) is 0. The number of amides is 1. The molecule has 1 fully saturated rings. The van der Waals surface area contributed by atoms with Crippen LogP contribution in [-0.2, 0) is 9.59 Å². The second-order valence-corrected chi connectivity index (χ2v) is 5.89. The van der Waals surface area contributed by atoms with Gasteiger partial charge in [0.05, 0.1) is 11.3 Å². The minimum absolute atomic E-state index is 0.127. The molecule has 116 valence electrons. The molecule has 0 aromatic heterocycles. The van der Waals surface area contributed by atoms with Crippen LogP contribution in [0.25, 0.3) is 0 Å². The fraction of sp³-hybridized carbons (Fsp3) is 0.867. The van der Waals surface area contributed by atoms with Crippen molar-refractivity contribution in [1.82, 2.24) is 10.2 Å². The van der Waals surface area contributed by atoms with E-state index in [4.69, 9.17) is 5.11 Å². The number of rotatable bonds is 7. The van der Waals surface area contributed by atoms with Gasteiger partial charge in [0.25, 0.3) is 0 Å². The molecule has 0 aromatic carbocycles. The summed E-state index contributed by atoms with van der Waals surface area (Å²) in [6, 6.07) is 0. The van der Waals surface area contributed by atoms with Gasteiger partial charge in [0.15, 0.2) is 0 Å². The zero-order valence-corrected chi connectivity index (χ0v) is 12.9. The molecular weight excluding hydrogens is 256 g/mol. The molecule has 0 radical (unpaired) electrons. The average molecular weight is 284 g/mol. The molecule has 20 heavy (non-hydrogen) atoms. The van der Waals surface area contributed by atoms with Crippen molar-refractivity contribution in [1.29, 1.82) is 0 Å². The van der Waals surface area contributed by atoms with Crippen LogP contribution in [0.15, 0.2) is 0 Å². The fourth-order valence-corrected chi connectivity index (χ4v) is 3.05. The number of nitrogens with zero attached hydrogens (tertiary/aromatic N) is 1. The predicted molar refractivity (Wildman–Crippen MR) is 78.5 cm³/mol. The number of piperidine rings is 1. The van der Waals surface area contributed by atoms with Crippen LogP contribution in [-0.4, -0.2) is 48.1 Å². The first-order valence-corrected chi connectivity index (χ1v) is 7.69. The molecule has 2 atom stereocenters. The third-order valence-corrected chi connectivity index (χ3v) is 4.24. The summed E-state index contributed by atoms with van der Waals surface area (Å²) >= 11 is 0. The zero-order chi connectivity index (χ0) is 15.2. The van der Waals surface area contributed by atoms with Gasteiger partial charge in [-0.3, -0.25) is 9.59 Å². The number of nitrogens with one attached hydrogen (secondary N) is 1. The molecule has 1 rings (SSSR count). The molecule has 1 heterocycles. The summed E-state index contributed by atoms with van der Waals surface area (Å²) in [5, 5.41) is 12.4. The molecule has 0 aromatic rings. The minimum Gasteiger partial charge on any atom is -0.481 e. The maximum Gasteiger partial charge on any atom is 0.308 e. The van der Waals surface area contributed by atoms with Crippen molar-refractivity contribution in [2.75, 3.05) is 26.2 Å². The maximum atomic E-state index is 12.9. The third-order valence-electron chi connectivity index (χ3n) is 4.24. The second-order valence-electron chi connectivity index (χ2n) is 5.89. The monoisotopic (exact) mass is 284 g/mol. The van der Waals surface area contributed by atoms with Gasteiger partial charge in [-0.1, -0.05) is 20.3 Å². The number of carboxylic acid groups (broad SMARTS) is 1. The predicted octanol–water partition coefficient (Wildman–Crippen LogP) is 1.73. The lowest BCUT2D eigenvalue weighted by molar-refractivity contribution is -0.147. The Morgan fingerprint density at radius 3 is 2.55 bits per heavy atom. The Kier molecular flexibility index (Phi) is 6.46. The van der Waals surface area contributed by atoms with E-state index in [-0.39, 0.29) is 11.3 Å². The molecule has 1 amide bonds. The van der Waals surface area contributed by atoms with Crippen molar-refractivity contribution < 1.29 is 14.7 Å². The molecule has 1 aliphatic rings. The number of aliphatic carboxylic acids is 1. The Hall–Kier alpha value is -1.10. The third kappa shape index (κ3) is 3.95. The standard InChI is InChI=1S/C15H28N2O3/c1-4-7-15(8-6-9-16-11-15)14(20)17(5-2)10-12(3)13(18)19/h12,16H,4-11H2,1-3H3,(H,18,19). The highest BCUT2D eigenvalue weighted by Gasteiger charge is 2.41. The molecule has 2 N–H and O–H groups in total. The summed E-state index contributed by atoms with van der Waals surface area (Å²) in [6.07, 6.45) is 3.76. The first kappa shape index (κ1) is 17.0. The first-order valence-electron chi connectivity index (χ1n) is 7.69. The van der Waals surface area contributed by atoms with Crippen molar-refractivity contribution >= 4 is 11.9 Å². The van der Waals surface area contributed by atoms with Crippen molar-refractivity contribution in [2.45, 2.75) is 46.5 Å². The summed E-state index contributed by atoms with van der Waals surface area (Å²) in [6.45, 7) is 8.23. The summed E-state index contributed by atoms with van der Waals surface area (Å²) in [4.78, 5) is 25.6. The fourth-order valence-electron chi connectivity index (χ4n) is 3.05. The van der Waals surface area contributed by atoms with Crippen LogP contribution in [0.3, 0.4) is 0 Å². The van der Waals surface area contributed by atoms with E-state index in [1.165, 1.54) is 0 Å². The SMILES string of the molecule is CCCC1(C(=O)N(CC)CC(C)C(=O)O)CCCNC1. The molecule has 2 unspecified atom stereocenters.